The Bertz CT molecular complexity index is 3370. The van der Waals surface area contributed by atoms with E-state index in [4.69, 9.17) is 9.97 Å². The Labute approximate surface area is 375 Å². The number of hydrogen-bond donors (Lipinski definition) is 0. The predicted octanol–water partition coefficient (Wildman–Crippen LogP) is 12.1. The van der Waals surface area contributed by atoms with Gasteiger partial charge in [0.2, 0.25) is 0 Å². The fraction of sp³-hybridized carbons (Fsp3) is 0.111. The number of pyridine rings is 4. The Hall–Kier alpha value is -6.59. The molecule has 5 aromatic carbocycles. The van der Waals surface area contributed by atoms with Gasteiger partial charge in [0.1, 0.15) is 5.82 Å². The summed E-state index contributed by atoms with van der Waals surface area (Å²) in [6, 6.07) is 49.3. The second-order valence-electron chi connectivity index (χ2n) is 14.2. The van der Waals surface area contributed by atoms with Crippen molar-refractivity contribution in [2.45, 2.75) is 39.3 Å². The standard InChI is InChI=1S/C54H40N5.Ir/c1-36-54-49-35-44(27-28-48(49)53-52(14-9-31-57-53)59(54)37(2)58-36)46-10-3-4-11-47(46)45-33-40(17-15-38-19-23-42(24-20-38)50-12-5-7-29-55-50)32-41(34-45)18-16-39-21-25-43(26-22-39)51-13-6-8-30-56-51;/h3-14,19-23,25,27,29-35H,15-18H2,1-2H3;/q-3;+3/i15D2,16D2,17D2,18D2;. The molecule has 0 fully saturated rings. The Morgan fingerprint density at radius 1 is 0.550 bits per heavy atom. The van der Waals surface area contributed by atoms with E-state index >= 15 is 0 Å². The Morgan fingerprint density at radius 3 is 1.72 bits per heavy atom. The summed E-state index contributed by atoms with van der Waals surface area (Å²) in [5, 5.41) is 1.69. The molecule has 5 aromatic heterocycles. The van der Waals surface area contributed by atoms with Crippen LogP contribution in [0.15, 0.2) is 158 Å². The summed E-state index contributed by atoms with van der Waals surface area (Å²) in [5.74, 6) is 0.815. The minimum atomic E-state index is -2.79. The Morgan fingerprint density at radius 2 is 1.13 bits per heavy atom. The summed E-state index contributed by atoms with van der Waals surface area (Å²) in [5.41, 5.74) is 7.97. The van der Waals surface area contributed by atoms with Gasteiger partial charge in [-0.3, -0.25) is 0 Å². The van der Waals surface area contributed by atoms with Crippen molar-refractivity contribution in [1.29, 1.82) is 0 Å². The summed E-state index contributed by atoms with van der Waals surface area (Å²) in [6.45, 7) is 3.93. The molecule has 0 aliphatic rings. The molecule has 0 aliphatic carbocycles. The molecule has 60 heavy (non-hydrogen) atoms. The van der Waals surface area contributed by atoms with E-state index in [0.717, 1.165) is 44.4 Å². The molecule has 6 heteroatoms. The second-order valence-corrected chi connectivity index (χ2v) is 14.2. The Balaban J connectivity index is 0.00000578. The van der Waals surface area contributed by atoms with E-state index in [9.17, 15) is 11.0 Å². The third-order valence-electron chi connectivity index (χ3n) is 10.4. The topological polar surface area (TPSA) is 56.0 Å². The van der Waals surface area contributed by atoms with Crippen molar-refractivity contribution in [3.8, 4) is 44.8 Å². The maximum Gasteiger partial charge on any atom is 3.00 e. The van der Waals surface area contributed by atoms with Crippen LogP contribution in [0.4, 0.5) is 0 Å². The molecule has 0 N–H and O–H groups in total. The first kappa shape index (κ1) is 30.5. The van der Waals surface area contributed by atoms with Gasteiger partial charge >= 0.3 is 20.1 Å². The van der Waals surface area contributed by atoms with Gasteiger partial charge in [-0.2, -0.15) is 0 Å². The van der Waals surface area contributed by atoms with Gasteiger partial charge in [-0.05, 0) is 84.5 Å². The first-order chi connectivity index (χ1) is 32.1. The monoisotopic (exact) mass is 959 g/mol. The maximum absolute atomic E-state index is 9.60. The fourth-order valence-electron chi connectivity index (χ4n) is 7.66. The minimum absolute atomic E-state index is 0. The van der Waals surface area contributed by atoms with Crippen LogP contribution in [-0.2, 0) is 45.6 Å². The van der Waals surface area contributed by atoms with Crippen molar-refractivity contribution < 1.29 is 31.1 Å². The first-order valence-corrected chi connectivity index (χ1v) is 19.3. The molecule has 5 heterocycles. The van der Waals surface area contributed by atoms with Crippen molar-refractivity contribution >= 4 is 27.3 Å². The number of imidazole rings is 1. The molecule has 5 nitrogen and oxygen atoms in total. The van der Waals surface area contributed by atoms with Crippen LogP contribution in [0, 0.1) is 32.0 Å². The van der Waals surface area contributed by atoms with Gasteiger partial charge in [0.05, 0.1) is 5.69 Å². The number of fused-ring (bicyclic) bond motifs is 6. The molecule has 290 valence electrons. The summed E-state index contributed by atoms with van der Waals surface area (Å²) in [6.07, 6.45) is -5.90. The van der Waals surface area contributed by atoms with E-state index in [-0.39, 0.29) is 42.4 Å². The molecule has 10 rings (SSSR count). The zero-order chi connectivity index (χ0) is 46.9. The number of aryl methyl sites for hydroxylation is 6. The molecule has 0 radical (unpaired) electrons. The summed E-state index contributed by atoms with van der Waals surface area (Å²) in [7, 11) is 0. The van der Waals surface area contributed by atoms with Crippen LogP contribution >= 0.6 is 0 Å². The van der Waals surface area contributed by atoms with Crippen molar-refractivity contribution in [3.63, 3.8) is 0 Å². The van der Waals surface area contributed by atoms with Crippen molar-refractivity contribution in [3.05, 3.63) is 210 Å². The molecular weight excluding hydrogens is 911 g/mol. The van der Waals surface area contributed by atoms with Gasteiger partial charge in [-0.1, -0.05) is 96.0 Å². The third kappa shape index (κ3) is 7.68. The van der Waals surface area contributed by atoms with Crippen LogP contribution in [0.5, 0.6) is 0 Å². The second kappa shape index (κ2) is 16.9. The molecule has 0 amide bonds. The van der Waals surface area contributed by atoms with E-state index in [1.807, 2.05) is 68.4 Å². The number of nitrogens with zero attached hydrogens (tertiary/aromatic N) is 5. The Kier molecular flexibility index (Phi) is 8.60. The van der Waals surface area contributed by atoms with E-state index < -0.39 is 25.5 Å². The van der Waals surface area contributed by atoms with Crippen LogP contribution in [-0.4, -0.2) is 24.3 Å². The minimum Gasteiger partial charge on any atom is -0.312 e. The number of benzene rings is 5. The maximum atomic E-state index is 9.60. The van der Waals surface area contributed by atoms with Crippen LogP contribution in [0.1, 0.15) is 44.7 Å². The van der Waals surface area contributed by atoms with Crippen LogP contribution < -0.4 is 0 Å². The van der Waals surface area contributed by atoms with Gasteiger partial charge in [0.25, 0.3) is 0 Å². The zero-order valence-corrected chi connectivity index (χ0v) is 35.0. The molecule has 10 aromatic rings. The van der Waals surface area contributed by atoms with Crippen molar-refractivity contribution in [2.75, 3.05) is 0 Å². The molecule has 0 unspecified atom stereocenters. The predicted molar refractivity (Wildman–Crippen MR) is 239 cm³/mol. The fourth-order valence-corrected chi connectivity index (χ4v) is 7.66. The summed E-state index contributed by atoms with van der Waals surface area (Å²) < 4.78 is 78.1. The van der Waals surface area contributed by atoms with Gasteiger partial charge in [0.15, 0.2) is 0 Å². The van der Waals surface area contributed by atoms with Crippen LogP contribution in [0.3, 0.4) is 0 Å². The van der Waals surface area contributed by atoms with Gasteiger partial charge in [0, 0.05) is 46.1 Å². The molecule has 0 aliphatic heterocycles. The quantitative estimate of drug-likeness (QED) is 0.101. The third-order valence-corrected chi connectivity index (χ3v) is 10.4. The molecular formula is C54H40IrN5. The molecule has 0 atom stereocenters. The average molecular weight is 959 g/mol. The summed E-state index contributed by atoms with van der Waals surface area (Å²) >= 11 is 0. The number of rotatable bonds is 10. The van der Waals surface area contributed by atoms with E-state index in [0.29, 0.717) is 39.2 Å². The smallest absolute Gasteiger partial charge is 0.312 e. The van der Waals surface area contributed by atoms with Gasteiger partial charge in [-0.15, -0.1) is 94.4 Å². The van der Waals surface area contributed by atoms with E-state index in [2.05, 4.69) is 38.6 Å². The molecule has 0 saturated heterocycles. The van der Waals surface area contributed by atoms with Crippen molar-refractivity contribution in [1.82, 2.24) is 24.3 Å². The SMILES string of the molecule is [2H]C([2H])(c1c[c-]c(-c2ccccn2)cc1)C([2H])([2H])c1cc(-c2ccccc2-c2c[c-]c3c(c2)c2c(C)nc(C)n2c2cccnc32)cc(C([2H])([2H])C([2H])([2H])c2c[c-]c(-c3ccccn3)cc2)c1.[Ir+3]. The first-order valence-electron chi connectivity index (χ1n) is 23.3. The normalized spacial score (nSPS) is 14.2. The van der Waals surface area contributed by atoms with Gasteiger partial charge < -0.3 is 19.4 Å². The van der Waals surface area contributed by atoms with Crippen molar-refractivity contribution in [2.24, 2.45) is 0 Å². The summed E-state index contributed by atoms with van der Waals surface area (Å²) in [4.78, 5) is 18.3. The van der Waals surface area contributed by atoms with Crippen LogP contribution in [0.2, 0.25) is 0 Å². The zero-order valence-electron chi connectivity index (χ0n) is 40.6. The number of hydrogen-bond acceptors (Lipinski definition) is 4. The molecule has 0 bridgehead atoms. The van der Waals surface area contributed by atoms with Crippen LogP contribution in [0.25, 0.3) is 72.1 Å². The van der Waals surface area contributed by atoms with E-state index in [1.54, 1.807) is 55.0 Å². The van der Waals surface area contributed by atoms with Gasteiger partial charge in [-0.25, -0.2) is 4.98 Å². The molecule has 0 spiro atoms. The molecule has 0 saturated carbocycles. The van der Waals surface area contributed by atoms with E-state index in [1.165, 1.54) is 42.5 Å². The largest absolute Gasteiger partial charge is 3.00 e. The number of aromatic nitrogens is 5. The average Bonchev–Trinajstić information content (AvgIpc) is 3.67.